The summed E-state index contributed by atoms with van der Waals surface area (Å²) in [5.41, 5.74) is 0.489. The highest BCUT2D eigenvalue weighted by atomic mass is 16.3. The molecule has 1 aromatic carbocycles. The summed E-state index contributed by atoms with van der Waals surface area (Å²) in [5.74, 6) is 2.50. The van der Waals surface area contributed by atoms with Crippen molar-refractivity contribution >= 4 is 18.0 Å². The number of hydrogen-bond donors (Lipinski definition) is 3. The molecule has 2 amide bonds. The first-order valence-corrected chi connectivity index (χ1v) is 8.48. The van der Waals surface area contributed by atoms with Crippen LogP contribution in [-0.4, -0.2) is 23.5 Å². The molecule has 0 heterocycles. The minimum Gasteiger partial charge on any atom is -0.505 e. The molecular formula is C18H22N2O3. The van der Waals surface area contributed by atoms with Crippen LogP contribution in [0.4, 0.5) is 5.69 Å². The fraction of sp³-hybridized carbons (Fsp3) is 0.556. The molecule has 4 aliphatic rings. The van der Waals surface area contributed by atoms with Crippen LogP contribution in [0, 0.1) is 23.7 Å². The van der Waals surface area contributed by atoms with Gasteiger partial charge in [0.2, 0.25) is 6.41 Å². The molecule has 0 saturated heterocycles. The van der Waals surface area contributed by atoms with Crippen LogP contribution in [0.15, 0.2) is 18.2 Å². The molecule has 122 valence electrons. The van der Waals surface area contributed by atoms with Gasteiger partial charge in [0.1, 0.15) is 0 Å². The van der Waals surface area contributed by atoms with E-state index >= 15 is 0 Å². The smallest absolute Gasteiger partial charge is 0.255 e. The lowest BCUT2D eigenvalue weighted by Gasteiger charge is -2.54. The number of para-hydroxylation sites is 1. The zero-order valence-electron chi connectivity index (χ0n) is 13.0. The zero-order chi connectivity index (χ0) is 16.0. The Labute approximate surface area is 135 Å². The van der Waals surface area contributed by atoms with Gasteiger partial charge in [-0.25, -0.2) is 0 Å². The summed E-state index contributed by atoms with van der Waals surface area (Å²) in [6.45, 7) is 0. The van der Waals surface area contributed by atoms with E-state index in [0.717, 1.165) is 11.8 Å². The van der Waals surface area contributed by atoms with Gasteiger partial charge in [0.25, 0.3) is 5.91 Å². The summed E-state index contributed by atoms with van der Waals surface area (Å²) >= 11 is 0. The molecule has 4 fully saturated rings. The molecule has 0 aromatic heterocycles. The van der Waals surface area contributed by atoms with E-state index in [1.165, 1.54) is 32.1 Å². The maximum Gasteiger partial charge on any atom is 0.255 e. The van der Waals surface area contributed by atoms with Gasteiger partial charge in [-0.3, -0.25) is 9.59 Å². The third-order valence-electron chi connectivity index (χ3n) is 6.02. The lowest BCUT2D eigenvalue weighted by Crippen LogP contribution is -2.55. The van der Waals surface area contributed by atoms with Crippen molar-refractivity contribution in [3.8, 4) is 5.75 Å². The van der Waals surface area contributed by atoms with Crippen LogP contribution in [0.3, 0.4) is 0 Å². The van der Waals surface area contributed by atoms with Gasteiger partial charge in [-0.2, -0.15) is 0 Å². The van der Waals surface area contributed by atoms with Gasteiger partial charge in [-0.05, 0) is 67.9 Å². The fourth-order valence-corrected chi connectivity index (χ4v) is 5.30. The Hall–Kier alpha value is -2.04. The highest BCUT2D eigenvalue weighted by Crippen LogP contribution is 2.53. The summed E-state index contributed by atoms with van der Waals surface area (Å²) in [4.78, 5) is 23.2. The number of rotatable bonds is 4. The Bertz CT molecular complexity index is 615. The van der Waals surface area contributed by atoms with Crippen molar-refractivity contribution in [2.24, 2.45) is 23.7 Å². The number of nitrogens with one attached hydrogen (secondary N) is 2. The molecule has 4 saturated carbocycles. The average Bonchev–Trinajstić information content (AvgIpc) is 2.52. The molecule has 0 atom stereocenters. The Morgan fingerprint density at radius 1 is 1.09 bits per heavy atom. The third-order valence-corrected chi connectivity index (χ3v) is 6.02. The Morgan fingerprint density at radius 2 is 1.74 bits per heavy atom. The molecule has 0 unspecified atom stereocenters. The molecule has 23 heavy (non-hydrogen) atoms. The predicted molar refractivity (Wildman–Crippen MR) is 86.1 cm³/mol. The fourth-order valence-electron chi connectivity index (χ4n) is 5.30. The zero-order valence-corrected chi connectivity index (χ0v) is 13.0. The van der Waals surface area contributed by atoms with Gasteiger partial charge < -0.3 is 15.7 Å². The number of benzene rings is 1. The summed E-state index contributed by atoms with van der Waals surface area (Å²) in [6.07, 6.45) is 6.81. The minimum absolute atomic E-state index is 0.166. The Kier molecular flexibility index (Phi) is 3.51. The number of phenols is 1. The molecule has 1 aromatic rings. The monoisotopic (exact) mass is 314 g/mol. The second-order valence-electron chi connectivity index (χ2n) is 7.39. The first-order chi connectivity index (χ1) is 11.2. The average molecular weight is 314 g/mol. The van der Waals surface area contributed by atoms with E-state index in [2.05, 4.69) is 10.6 Å². The molecule has 5 rings (SSSR count). The normalized spacial score (nSPS) is 34.2. The van der Waals surface area contributed by atoms with Crippen LogP contribution in [0.2, 0.25) is 0 Å². The number of carbonyl (C=O) groups excluding carboxylic acids is 2. The van der Waals surface area contributed by atoms with E-state index in [4.69, 9.17) is 0 Å². The van der Waals surface area contributed by atoms with E-state index in [-0.39, 0.29) is 28.9 Å². The molecule has 3 N–H and O–H groups in total. The molecular weight excluding hydrogens is 292 g/mol. The second kappa shape index (κ2) is 5.55. The topological polar surface area (TPSA) is 78.4 Å². The van der Waals surface area contributed by atoms with E-state index < -0.39 is 0 Å². The van der Waals surface area contributed by atoms with Crippen molar-refractivity contribution in [1.82, 2.24) is 5.32 Å². The van der Waals surface area contributed by atoms with Gasteiger partial charge in [-0.15, -0.1) is 0 Å². The standard InChI is InChI=1S/C18H22N2O3/c21-9-19-15-3-1-2-14(17(15)22)18(23)20-16-12-5-10-4-11(7-12)8-13(16)6-10/h1-3,9-13,16,22H,4-8H2,(H,19,21)(H,20,23). The number of phenolic OH excluding ortho intramolecular Hbond substituents is 1. The SMILES string of the molecule is O=CNc1cccc(C(=O)NC2C3CC4CC(C3)CC2C4)c1O. The van der Waals surface area contributed by atoms with Crippen LogP contribution >= 0.6 is 0 Å². The number of hydrogen-bond acceptors (Lipinski definition) is 3. The molecule has 5 heteroatoms. The van der Waals surface area contributed by atoms with E-state index in [0.29, 0.717) is 18.2 Å². The second-order valence-corrected chi connectivity index (χ2v) is 7.39. The maximum absolute atomic E-state index is 12.6. The summed E-state index contributed by atoms with van der Waals surface area (Å²) in [5, 5.41) is 15.8. The van der Waals surface area contributed by atoms with Crippen LogP contribution in [-0.2, 0) is 4.79 Å². The van der Waals surface area contributed by atoms with Gasteiger partial charge >= 0.3 is 0 Å². The molecule has 0 radical (unpaired) electrons. The van der Waals surface area contributed by atoms with Crippen LogP contribution in [0.5, 0.6) is 5.75 Å². The summed E-state index contributed by atoms with van der Waals surface area (Å²) in [6, 6.07) is 5.06. The van der Waals surface area contributed by atoms with Crippen molar-refractivity contribution in [3.63, 3.8) is 0 Å². The quantitative estimate of drug-likeness (QED) is 0.590. The number of aromatic hydroxyl groups is 1. The van der Waals surface area contributed by atoms with Crippen molar-refractivity contribution in [2.45, 2.75) is 38.1 Å². The van der Waals surface area contributed by atoms with Gasteiger partial charge in [0.05, 0.1) is 11.3 Å². The van der Waals surface area contributed by atoms with Crippen molar-refractivity contribution in [1.29, 1.82) is 0 Å². The molecule has 0 aliphatic heterocycles. The van der Waals surface area contributed by atoms with Crippen molar-refractivity contribution in [2.75, 3.05) is 5.32 Å². The van der Waals surface area contributed by atoms with Crippen LogP contribution in [0.25, 0.3) is 0 Å². The third kappa shape index (κ3) is 2.48. The van der Waals surface area contributed by atoms with E-state index in [1.54, 1.807) is 18.2 Å². The summed E-state index contributed by atoms with van der Waals surface area (Å²) < 4.78 is 0. The highest BCUT2D eigenvalue weighted by molar-refractivity contribution is 5.99. The van der Waals surface area contributed by atoms with Crippen LogP contribution < -0.4 is 10.6 Å². The minimum atomic E-state index is -0.241. The first-order valence-electron chi connectivity index (χ1n) is 8.48. The lowest BCUT2D eigenvalue weighted by atomic mass is 9.54. The Morgan fingerprint density at radius 3 is 2.35 bits per heavy atom. The number of carbonyl (C=O) groups is 2. The first kappa shape index (κ1) is 14.5. The van der Waals surface area contributed by atoms with E-state index in [1.807, 2.05) is 0 Å². The molecule has 4 bridgehead atoms. The highest BCUT2D eigenvalue weighted by Gasteiger charge is 2.48. The predicted octanol–water partition coefficient (Wildman–Crippen LogP) is 2.52. The summed E-state index contributed by atoms with van der Waals surface area (Å²) in [7, 11) is 0. The molecule has 0 spiro atoms. The molecule has 4 aliphatic carbocycles. The van der Waals surface area contributed by atoms with Crippen LogP contribution in [0.1, 0.15) is 42.5 Å². The Balaban J connectivity index is 1.52. The van der Waals surface area contributed by atoms with Crippen molar-refractivity contribution < 1.29 is 14.7 Å². The largest absolute Gasteiger partial charge is 0.505 e. The number of anilines is 1. The lowest BCUT2D eigenvalue weighted by molar-refractivity contribution is -0.105. The van der Waals surface area contributed by atoms with Crippen molar-refractivity contribution in [3.05, 3.63) is 23.8 Å². The van der Waals surface area contributed by atoms with Gasteiger partial charge in [0, 0.05) is 6.04 Å². The van der Waals surface area contributed by atoms with Gasteiger partial charge in [0.15, 0.2) is 5.75 Å². The number of amides is 2. The van der Waals surface area contributed by atoms with E-state index in [9.17, 15) is 14.7 Å². The maximum atomic E-state index is 12.6. The van der Waals surface area contributed by atoms with Gasteiger partial charge in [-0.1, -0.05) is 6.07 Å². The molecule has 5 nitrogen and oxygen atoms in total.